The highest BCUT2D eigenvalue weighted by Gasteiger charge is 2.37. The van der Waals surface area contributed by atoms with Gasteiger partial charge < -0.3 is 25.0 Å². The first-order chi connectivity index (χ1) is 18.8. The first kappa shape index (κ1) is 28.7. The lowest BCUT2D eigenvalue weighted by Gasteiger charge is -2.34. The molecule has 1 aromatic carbocycles. The van der Waals surface area contributed by atoms with Crippen LogP contribution in [0.5, 0.6) is 5.88 Å². The van der Waals surface area contributed by atoms with E-state index in [4.69, 9.17) is 9.84 Å². The fraction of sp³-hybridized carbons (Fsp3) is 0.318. The molecule has 0 unspecified atom stereocenters. The quantitative estimate of drug-likeness (QED) is 0.342. The van der Waals surface area contributed by atoms with E-state index < -0.39 is 41.3 Å². The third-order valence-corrected chi connectivity index (χ3v) is 6.08. The molecule has 3 heterocycles. The highest BCUT2D eigenvalue weighted by atomic mass is 32.1. The molecule has 40 heavy (non-hydrogen) atoms. The lowest BCUT2D eigenvalue weighted by molar-refractivity contribution is -0.143. The van der Waals surface area contributed by atoms with Gasteiger partial charge in [0.15, 0.2) is 0 Å². The minimum absolute atomic E-state index is 0.0173. The molecule has 0 bridgehead atoms. The molecule has 11 nitrogen and oxygen atoms in total. The maximum Gasteiger partial charge on any atom is 0.416 e. The number of aromatic nitrogens is 3. The van der Waals surface area contributed by atoms with Crippen molar-refractivity contribution in [1.82, 2.24) is 18.6 Å². The van der Waals surface area contributed by atoms with Crippen LogP contribution in [-0.4, -0.2) is 62.0 Å². The Morgan fingerprint density at radius 1 is 0.950 bits per heavy atom. The summed E-state index contributed by atoms with van der Waals surface area (Å²) < 4.78 is 92.7. The van der Waals surface area contributed by atoms with Gasteiger partial charge in [0.05, 0.1) is 22.9 Å². The number of hydrogen-bond donors (Lipinski definition) is 3. The Morgan fingerprint density at radius 2 is 1.60 bits per heavy atom. The number of ether oxygens (including phenoxy) is 1. The summed E-state index contributed by atoms with van der Waals surface area (Å²) in [5.41, 5.74) is -3.10. The van der Waals surface area contributed by atoms with Gasteiger partial charge >= 0.3 is 24.5 Å². The van der Waals surface area contributed by atoms with Gasteiger partial charge in [-0.3, -0.25) is 5.32 Å². The number of amides is 3. The van der Waals surface area contributed by atoms with E-state index in [1.807, 2.05) is 0 Å². The minimum atomic E-state index is -5.04. The topological polar surface area (TPSA) is 133 Å². The Hall–Kier alpha value is -4.35. The number of urea groups is 1. The van der Waals surface area contributed by atoms with Crippen molar-refractivity contribution >= 4 is 41.2 Å². The smallest absolute Gasteiger partial charge is 0.416 e. The van der Waals surface area contributed by atoms with E-state index in [0.717, 1.165) is 11.7 Å². The zero-order chi connectivity index (χ0) is 29.1. The van der Waals surface area contributed by atoms with Gasteiger partial charge in [0.25, 0.3) is 5.88 Å². The van der Waals surface area contributed by atoms with Crippen LogP contribution in [0.15, 0.2) is 36.5 Å². The van der Waals surface area contributed by atoms with E-state index in [9.17, 15) is 35.9 Å². The second-order valence-corrected chi connectivity index (χ2v) is 8.89. The van der Waals surface area contributed by atoms with Crippen LogP contribution >= 0.6 is 11.7 Å². The molecular formula is C22H19F6N7O4S. The largest absolute Gasteiger partial charge is 0.470 e. The summed E-state index contributed by atoms with van der Waals surface area (Å²) in [6, 6.07) is 3.10. The molecule has 1 fully saturated rings. The fourth-order valence-corrected chi connectivity index (χ4v) is 4.22. The Balaban J connectivity index is 1.36. The first-order valence-corrected chi connectivity index (χ1v) is 12.0. The van der Waals surface area contributed by atoms with Crippen molar-refractivity contribution in [3.63, 3.8) is 0 Å². The highest BCUT2D eigenvalue weighted by molar-refractivity contribution is 6.99. The van der Waals surface area contributed by atoms with E-state index in [1.54, 1.807) is 11.0 Å². The van der Waals surface area contributed by atoms with Crippen LogP contribution < -0.4 is 20.3 Å². The summed E-state index contributed by atoms with van der Waals surface area (Å²) in [7, 11) is 0. The molecule has 214 valence electrons. The molecule has 3 amide bonds. The molecule has 0 radical (unpaired) electrons. The number of benzene rings is 1. The first-order valence-electron chi connectivity index (χ1n) is 11.3. The standard InChI is InChI=1S/C22H19F6N7O4S/c23-21(24,25)13-8-14(22(26,27)28)10-15(9-13)30-19(36)35-5-3-34(4-6-35)17-18(33-40-32-17)39-11-12-1-2-29-16(7-12)31-20(37)38/h1-2,7-10H,3-6,11H2,(H,29,31)(H,30,36)(H,37,38). The minimum Gasteiger partial charge on any atom is -0.470 e. The predicted octanol–water partition coefficient (Wildman–Crippen LogP) is 4.99. The van der Waals surface area contributed by atoms with Gasteiger partial charge in [-0.2, -0.15) is 30.7 Å². The van der Waals surface area contributed by atoms with Gasteiger partial charge in [-0.15, -0.1) is 4.37 Å². The Labute approximate surface area is 225 Å². The van der Waals surface area contributed by atoms with Gasteiger partial charge in [0.2, 0.25) is 5.82 Å². The lowest BCUT2D eigenvalue weighted by Crippen LogP contribution is -2.50. The maximum absolute atomic E-state index is 13.1. The van der Waals surface area contributed by atoms with Crippen LogP contribution in [0.2, 0.25) is 0 Å². The fourth-order valence-electron chi connectivity index (χ4n) is 3.70. The van der Waals surface area contributed by atoms with Crippen molar-refractivity contribution in [3.8, 4) is 5.88 Å². The van der Waals surface area contributed by atoms with E-state index >= 15 is 0 Å². The maximum atomic E-state index is 13.1. The van der Waals surface area contributed by atoms with Crippen LogP contribution in [0.4, 0.5) is 53.3 Å². The average molecular weight is 591 g/mol. The monoisotopic (exact) mass is 591 g/mol. The van der Waals surface area contributed by atoms with E-state index in [2.05, 4.69) is 24.4 Å². The van der Waals surface area contributed by atoms with E-state index in [-0.39, 0.29) is 50.6 Å². The van der Waals surface area contributed by atoms with Crippen molar-refractivity contribution in [3.05, 3.63) is 53.2 Å². The molecule has 1 aliphatic rings. The number of alkyl halides is 6. The Kier molecular flexibility index (Phi) is 8.17. The SMILES string of the molecule is O=C(O)Nc1cc(COc2nsnc2N2CCN(C(=O)Nc3cc(C(F)(F)F)cc(C(F)(F)F)c3)CC2)ccn1. The molecular weight excluding hydrogens is 572 g/mol. The van der Waals surface area contributed by atoms with Gasteiger partial charge in [-0.1, -0.05) is 0 Å². The Bertz CT molecular complexity index is 1340. The van der Waals surface area contributed by atoms with Crippen LogP contribution in [-0.2, 0) is 19.0 Å². The normalized spacial score (nSPS) is 14.2. The zero-order valence-electron chi connectivity index (χ0n) is 20.1. The van der Waals surface area contributed by atoms with Gasteiger partial charge in [0, 0.05) is 38.1 Å². The van der Waals surface area contributed by atoms with Crippen molar-refractivity contribution in [2.75, 3.05) is 41.7 Å². The average Bonchev–Trinajstić information content (AvgIpc) is 3.35. The molecule has 3 aromatic rings. The van der Waals surface area contributed by atoms with Gasteiger partial charge in [-0.05, 0) is 35.9 Å². The number of nitrogens with zero attached hydrogens (tertiary/aromatic N) is 5. The molecule has 0 aliphatic carbocycles. The van der Waals surface area contributed by atoms with Crippen molar-refractivity contribution in [1.29, 1.82) is 0 Å². The number of anilines is 3. The molecule has 0 spiro atoms. The number of carbonyl (C=O) groups excluding carboxylic acids is 1. The van der Waals surface area contributed by atoms with Crippen molar-refractivity contribution < 1.29 is 45.8 Å². The number of rotatable bonds is 6. The van der Waals surface area contributed by atoms with E-state index in [0.29, 0.717) is 23.5 Å². The molecule has 2 aromatic heterocycles. The number of nitrogens with one attached hydrogen (secondary N) is 2. The van der Waals surface area contributed by atoms with Crippen LogP contribution in [0.3, 0.4) is 0 Å². The Morgan fingerprint density at radius 3 is 2.20 bits per heavy atom. The summed E-state index contributed by atoms with van der Waals surface area (Å²) in [5, 5.41) is 13.1. The van der Waals surface area contributed by atoms with Crippen molar-refractivity contribution in [2.45, 2.75) is 19.0 Å². The number of halogens is 6. The zero-order valence-corrected chi connectivity index (χ0v) is 20.9. The van der Waals surface area contributed by atoms with Crippen LogP contribution in [0, 0.1) is 0 Å². The summed E-state index contributed by atoms with van der Waals surface area (Å²) in [5.74, 6) is 0.686. The predicted molar refractivity (Wildman–Crippen MR) is 129 cm³/mol. The third-order valence-electron chi connectivity index (χ3n) is 5.58. The molecule has 18 heteroatoms. The molecule has 1 saturated heterocycles. The van der Waals surface area contributed by atoms with Crippen molar-refractivity contribution in [2.24, 2.45) is 0 Å². The number of carboxylic acid groups (broad SMARTS) is 1. The van der Waals surface area contributed by atoms with Gasteiger partial charge in [0.1, 0.15) is 12.4 Å². The van der Waals surface area contributed by atoms with Gasteiger partial charge in [-0.25, -0.2) is 14.6 Å². The molecule has 3 N–H and O–H groups in total. The third kappa shape index (κ3) is 7.19. The van der Waals surface area contributed by atoms with Crippen LogP contribution in [0.25, 0.3) is 0 Å². The summed E-state index contributed by atoms with van der Waals surface area (Å²) in [6.45, 7) is 0.653. The number of hydrogen-bond acceptors (Lipinski definition) is 8. The second kappa shape index (κ2) is 11.4. The number of carbonyl (C=O) groups is 2. The molecule has 1 aliphatic heterocycles. The molecule has 0 atom stereocenters. The summed E-state index contributed by atoms with van der Waals surface area (Å²) in [4.78, 5) is 30.3. The van der Waals surface area contributed by atoms with Crippen LogP contribution in [0.1, 0.15) is 16.7 Å². The summed E-state index contributed by atoms with van der Waals surface area (Å²) in [6.07, 6.45) is -9.95. The highest BCUT2D eigenvalue weighted by Crippen LogP contribution is 2.37. The summed E-state index contributed by atoms with van der Waals surface area (Å²) >= 11 is 0.876. The number of piperazine rings is 1. The lowest BCUT2D eigenvalue weighted by atomic mass is 10.1. The molecule has 0 saturated carbocycles. The molecule has 4 rings (SSSR count). The second-order valence-electron chi connectivity index (χ2n) is 8.36. The van der Waals surface area contributed by atoms with E-state index in [1.165, 1.54) is 17.2 Å². The number of pyridine rings is 1.